The van der Waals surface area contributed by atoms with Crippen LogP contribution in [0.25, 0.3) is 0 Å². The normalized spacial score (nSPS) is 29.4. The molecule has 0 aliphatic carbocycles. The molecule has 2 bridgehead atoms. The molecular weight excluding hydrogens is 484 g/mol. The third kappa shape index (κ3) is 3.94. The number of hydrogen-bond acceptors (Lipinski definition) is 6. The van der Waals surface area contributed by atoms with Crippen molar-refractivity contribution in [3.05, 3.63) is 41.4 Å². The summed E-state index contributed by atoms with van der Waals surface area (Å²) in [7, 11) is 0. The van der Waals surface area contributed by atoms with E-state index in [4.69, 9.17) is 21.1 Å². The monoisotopic (exact) mass is 518 g/mol. The molecule has 3 aliphatic rings. The van der Waals surface area contributed by atoms with Gasteiger partial charge in [0.15, 0.2) is 0 Å². The number of amides is 2. The summed E-state index contributed by atoms with van der Waals surface area (Å²) in [5.74, 6) is -2.98. The largest absolute Gasteiger partial charge is 0.466 e. The second-order valence-electron chi connectivity index (χ2n) is 10.2. The average molecular weight is 519 g/mol. The van der Waals surface area contributed by atoms with Crippen molar-refractivity contribution in [1.29, 1.82) is 0 Å². The van der Waals surface area contributed by atoms with Crippen LogP contribution in [0.1, 0.15) is 39.2 Å². The molecule has 4 rings (SSSR count). The molecule has 3 heterocycles. The lowest BCUT2D eigenvalue weighted by atomic mass is 9.70. The molecule has 1 aromatic carbocycles. The van der Waals surface area contributed by atoms with Crippen LogP contribution < -0.4 is 4.90 Å². The van der Waals surface area contributed by atoms with Gasteiger partial charge >= 0.3 is 5.97 Å². The van der Waals surface area contributed by atoms with Crippen molar-refractivity contribution in [3.8, 4) is 0 Å². The third-order valence-electron chi connectivity index (χ3n) is 7.88. The van der Waals surface area contributed by atoms with E-state index >= 15 is 0 Å². The van der Waals surface area contributed by atoms with Gasteiger partial charge in [0.2, 0.25) is 5.91 Å². The second kappa shape index (κ2) is 10.1. The molecule has 0 saturated carbocycles. The van der Waals surface area contributed by atoms with Crippen LogP contribution in [0.15, 0.2) is 30.9 Å². The van der Waals surface area contributed by atoms with E-state index in [1.165, 1.54) is 9.80 Å². The molecule has 196 valence electrons. The van der Waals surface area contributed by atoms with Crippen molar-refractivity contribution in [2.45, 2.75) is 64.3 Å². The Kier molecular flexibility index (Phi) is 7.51. The van der Waals surface area contributed by atoms with Crippen LogP contribution in [-0.4, -0.2) is 71.3 Å². The zero-order valence-corrected chi connectivity index (χ0v) is 22.0. The number of ether oxygens (including phenoxy) is 2. The number of likely N-dealkylation sites (tertiary alicyclic amines) is 1. The SMILES string of the molecule is C=CCN(C(=O)C1N([C@@H](CO)C(C)C)C(=O)[C@@H]2[C@H](C(=O)OCC)[C@@H]3CCC12O3)c1c(C)cccc1Cl. The summed E-state index contributed by atoms with van der Waals surface area (Å²) < 4.78 is 11.8. The first-order valence-corrected chi connectivity index (χ1v) is 13.0. The fraction of sp³-hybridized carbons (Fsp3) is 0.593. The van der Waals surface area contributed by atoms with Crippen LogP contribution in [-0.2, 0) is 23.9 Å². The van der Waals surface area contributed by atoms with Crippen molar-refractivity contribution in [2.24, 2.45) is 17.8 Å². The lowest BCUT2D eigenvalue weighted by Crippen LogP contribution is -2.60. The maximum atomic E-state index is 14.5. The highest BCUT2D eigenvalue weighted by atomic mass is 35.5. The Morgan fingerprint density at radius 3 is 2.72 bits per heavy atom. The van der Waals surface area contributed by atoms with E-state index < -0.39 is 41.6 Å². The average Bonchev–Trinajstić information content (AvgIpc) is 3.46. The molecular formula is C27H35ClN2O6. The number of aryl methyl sites for hydroxylation is 1. The first kappa shape index (κ1) is 26.6. The third-order valence-corrected chi connectivity index (χ3v) is 8.19. The molecule has 6 atom stereocenters. The van der Waals surface area contributed by atoms with E-state index in [0.717, 1.165) is 5.56 Å². The molecule has 3 saturated heterocycles. The van der Waals surface area contributed by atoms with Crippen LogP contribution in [0, 0.1) is 24.7 Å². The number of aliphatic hydroxyl groups excluding tert-OH is 1. The van der Waals surface area contributed by atoms with Gasteiger partial charge in [-0.1, -0.05) is 43.7 Å². The minimum atomic E-state index is -1.19. The Hall–Kier alpha value is -2.42. The molecule has 0 aromatic heterocycles. The molecule has 9 heteroatoms. The van der Waals surface area contributed by atoms with Crippen molar-refractivity contribution >= 4 is 35.1 Å². The second-order valence-corrected chi connectivity index (χ2v) is 10.6. The molecule has 2 unspecified atom stereocenters. The molecule has 36 heavy (non-hydrogen) atoms. The van der Waals surface area contributed by atoms with E-state index in [1.54, 1.807) is 19.1 Å². The standard InChI is InChI=1S/C27H35ClN2O6/c1-6-13-29(22-16(5)9-8-10-17(22)28)25(33)23-27-12-11-19(36-27)20(26(34)35-7-2)21(27)24(32)30(23)18(14-31)15(3)4/h6,8-10,15,18-21,23,31H,1,7,11-14H2,2-5H3/t18-,19-,20+,21-,23?,27?/m0/s1. The van der Waals surface area contributed by atoms with Crippen molar-refractivity contribution in [1.82, 2.24) is 4.90 Å². The van der Waals surface area contributed by atoms with Crippen LogP contribution in [0.4, 0.5) is 5.69 Å². The molecule has 2 amide bonds. The van der Waals surface area contributed by atoms with Crippen LogP contribution >= 0.6 is 11.6 Å². The molecule has 1 N–H and O–H groups in total. The molecule has 3 fully saturated rings. The lowest BCUT2D eigenvalue weighted by Gasteiger charge is -2.40. The van der Waals surface area contributed by atoms with E-state index in [9.17, 15) is 19.5 Å². The quantitative estimate of drug-likeness (QED) is 0.398. The summed E-state index contributed by atoms with van der Waals surface area (Å²) in [5.41, 5.74) is 0.148. The number of para-hydroxylation sites is 1. The van der Waals surface area contributed by atoms with Crippen LogP contribution in [0.3, 0.4) is 0 Å². The van der Waals surface area contributed by atoms with Gasteiger partial charge in [0, 0.05) is 6.54 Å². The maximum Gasteiger partial charge on any atom is 0.312 e. The van der Waals surface area contributed by atoms with Crippen LogP contribution in [0.5, 0.6) is 0 Å². The summed E-state index contributed by atoms with van der Waals surface area (Å²) >= 11 is 6.56. The Morgan fingerprint density at radius 2 is 2.14 bits per heavy atom. The Bertz CT molecular complexity index is 1040. The van der Waals surface area contributed by atoms with E-state index in [0.29, 0.717) is 23.6 Å². The summed E-state index contributed by atoms with van der Waals surface area (Å²) in [6.45, 7) is 11.2. The predicted molar refractivity (Wildman–Crippen MR) is 136 cm³/mol. The summed E-state index contributed by atoms with van der Waals surface area (Å²) in [4.78, 5) is 44.6. The van der Waals surface area contributed by atoms with Gasteiger partial charge in [-0.05, 0) is 44.2 Å². The van der Waals surface area contributed by atoms with Crippen molar-refractivity contribution < 1.29 is 29.0 Å². The number of esters is 1. The maximum absolute atomic E-state index is 14.5. The van der Waals surface area contributed by atoms with E-state index in [2.05, 4.69) is 6.58 Å². The topological polar surface area (TPSA) is 96.4 Å². The van der Waals surface area contributed by atoms with Crippen molar-refractivity contribution in [2.75, 3.05) is 24.7 Å². The molecule has 8 nitrogen and oxygen atoms in total. The molecule has 0 radical (unpaired) electrons. The summed E-state index contributed by atoms with van der Waals surface area (Å²) in [5, 5.41) is 10.7. The number of benzene rings is 1. The number of carbonyl (C=O) groups excluding carboxylic acids is 3. The van der Waals surface area contributed by atoms with Gasteiger partial charge in [0.25, 0.3) is 5.91 Å². The molecule has 1 spiro atoms. The zero-order valence-electron chi connectivity index (χ0n) is 21.3. The first-order valence-electron chi connectivity index (χ1n) is 12.6. The van der Waals surface area contributed by atoms with E-state index in [-0.39, 0.29) is 37.5 Å². The highest BCUT2D eigenvalue weighted by molar-refractivity contribution is 6.34. The number of anilines is 1. The smallest absolute Gasteiger partial charge is 0.312 e. The number of rotatable bonds is 9. The fourth-order valence-corrected chi connectivity index (χ4v) is 6.71. The highest BCUT2D eigenvalue weighted by Crippen LogP contribution is 2.59. The number of aliphatic hydroxyl groups is 1. The van der Waals surface area contributed by atoms with Gasteiger partial charge in [0.1, 0.15) is 11.6 Å². The fourth-order valence-electron chi connectivity index (χ4n) is 6.39. The van der Waals surface area contributed by atoms with Crippen LogP contribution in [0.2, 0.25) is 5.02 Å². The van der Waals surface area contributed by atoms with Gasteiger partial charge in [0.05, 0.1) is 47.9 Å². The van der Waals surface area contributed by atoms with Gasteiger partial charge in [-0.25, -0.2) is 0 Å². The number of carbonyl (C=O) groups is 3. The number of nitrogens with zero attached hydrogens (tertiary/aromatic N) is 2. The number of halogens is 1. The van der Waals surface area contributed by atoms with E-state index in [1.807, 2.05) is 32.9 Å². The zero-order chi connectivity index (χ0) is 26.4. The molecule has 1 aromatic rings. The Morgan fingerprint density at radius 1 is 1.42 bits per heavy atom. The minimum absolute atomic E-state index is 0.141. The lowest BCUT2D eigenvalue weighted by molar-refractivity contribution is -0.155. The Labute approximate surface area is 217 Å². The van der Waals surface area contributed by atoms with Gasteiger partial charge in [-0.3, -0.25) is 14.4 Å². The summed E-state index contributed by atoms with van der Waals surface area (Å²) in [6.07, 6.45) is 2.12. The van der Waals surface area contributed by atoms with Gasteiger partial charge in [-0.2, -0.15) is 0 Å². The first-order chi connectivity index (χ1) is 17.1. The minimum Gasteiger partial charge on any atom is -0.466 e. The molecule has 3 aliphatic heterocycles. The van der Waals surface area contributed by atoms with Gasteiger partial charge in [-0.15, -0.1) is 6.58 Å². The number of fused-ring (bicyclic) bond motifs is 1. The highest BCUT2D eigenvalue weighted by Gasteiger charge is 2.75. The number of hydrogen-bond donors (Lipinski definition) is 1. The predicted octanol–water partition coefficient (Wildman–Crippen LogP) is 3.12. The Balaban J connectivity index is 1.87. The van der Waals surface area contributed by atoms with Crippen molar-refractivity contribution in [3.63, 3.8) is 0 Å². The summed E-state index contributed by atoms with van der Waals surface area (Å²) in [6, 6.07) is 3.72. The van der Waals surface area contributed by atoms with Gasteiger partial charge < -0.3 is 24.4 Å².